The fourth-order valence-electron chi connectivity index (χ4n) is 2.64. The van der Waals surface area contributed by atoms with Crippen molar-refractivity contribution in [3.8, 4) is 11.5 Å². The first kappa shape index (κ1) is 17.3. The molecule has 22 heavy (non-hydrogen) atoms. The molecule has 1 saturated heterocycles. The third kappa shape index (κ3) is 4.98. The molecule has 0 bridgehead atoms. The zero-order valence-corrected chi connectivity index (χ0v) is 13.6. The molecule has 0 spiro atoms. The molecule has 7 heteroatoms. The molecule has 0 radical (unpaired) electrons. The van der Waals surface area contributed by atoms with E-state index in [2.05, 4.69) is 4.90 Å². The van der Waals surface area contributed by atoms with Gasteiger partial charge in [0.05, 0.1) is 7.11 Å². The molecule has 0 atom stereocenters. The summed E-state index contributed by atoms with van der Waals surface area (Å²) in [5.41, 5.74) is -2.47. The lowest BCUT2D eigenvalue weighted by Gasteiger charge is -2.27. The standard InChI is InChI=1S/C15H20F3NO2S/c1-11-8-12(21-22-15(16,17)18)9-14(20-2)13(11)10-19-6-4-3-5-7-19/h8-9H,3-7,10H2,1-2H3/p+1. The molecule has 1 heterocycles. The van der Waals surface area contributed by atoms with Crippen LogP contribution in [0, 0.1) is 6.92 Å². The van der Waals surface area contributed by atoms with Crippen LogP contribution in [0.2, 0.25) is 0 Å². The van der Waals surface area contributed by atoms with E-state index in [-0.39, 0.29) is 5.75 Å². The molecule has 1 aromatic rings. The van der Waals surface area contributed by atoms with Crippen LogP contribution in [0.25, 0.3) is 0 Å². The normalized spacial score (nSPS) is 16.6. The van der Waals surface area contributed by atoms with Gasteiger partial charge in [0.25, 0.3) is 12.0 Å². The summed E-state index contributed by atoms with van der Waals surface area (Å²) in [4.78, 5) is 2.35. The summed E-state index contributed by atoms with van der Waals surface area (Å²) < 4.78 is 46.9. The van der Waals surface area contributed by atoms with Crippen LogP contribution in [0.5, 0.6) is 11.5 Å². The summed E-state index contributed by atoms with van der Waals surface area (Å²) in [6.07, 6.45) is 3.63. The fourth-order valence-corrected chi connectivity index (χ4v) is 2.95. The predicted octanol–water partition coefficient (Wildman–Crippen LogP) is 3.62. The van der Waals surface area contributed by atoms with Gasteiger partial charge in [0.2, 0.25) is 0 Å². The number of benzene rings is 1. The first-order chi connectivity index (χ1) is 10.4. The van der Waals surface area contributed by atoms with E-state index in [0.29, 0.717) is 5.75 Å². The molecule has 1 aromatic carbocycles. The number of nitrogens with zero attached hydrogens (tertiary/aromatic N) is 1. The highest BCUT2D eigenvalue weighted by Crippen LogP contribution is 2.31. The number of methoxy groups -OCH3 is 1. The van der Waals surface area contributed by atoms with Gasteiger partial charge in [-0.15, -0.1) is 13.2 Å². The zero-order chi connectivity index (χ0) is 16.2. The number of aryl methyl sites for hydroxylation is 1. The molecule has 1 aliphatic heterocycles. The molecule has 0 aromatic heterocycles. The average Bonchev–Trinajstić information content (AvgIpc) is 2.47. The maximum Gasteiger partial charge on any atom is 0.615 e. The third-order valence-corrected chi connectivity index (χ3v) is 4.22. The molecule has 3 nitrogen and oxygen atoms in total. The predicted molar refractivity (Wildman–Crippen MR) is 82.3 cm³/mol. The van der Waals surface area contributed by atoms with Crippen LogP contribution < -0.4 is 8.92 Å². The molecule has 124 valence electrons. The minimum Gasteiger partial charge on any atom is -0.496 e. The summed E-state index contributed by atoms with van der Waals surface area (Å²) in [6.45, 7) is 4.73. The molecule has 2 rings (SSSR count). The van der Waals surface area contributed by atoms with Gasteiger partial charge < -0.3 is 4.74 Å². The van der Waals surface area contributed by atoms with E-state index in [4.69, 9.17) is 8.92 Å². The highest BCUT2D eigenvalue weighted by Gasteiger charge is 2.42. The number of thiol groups is 1. The van der Waals surface area contributed by atoms with E-state index in [1.54, 1.807) is 6.07 Å². The quantitative estimate of drug-likeness (QED) is 0.605. The second-order valence-corrected chi connectivity index (χ2v) is 6.28. The Morgan fingerprint density at radius 1 is 1.18 bits per heavy atom. The minimum atomic E-state index is -4.37. The number of alkyl halides is 3. The van der Waals surface area contributed by atoms with Gasteiger partial charge in [0, 0.05) is 18.2 Å². The summed E-state index contributed by atoms with van der Waals surface area (Å²) in [6, 6.07) is 3.17. The molecule has 0 aliphatic carbocycles. The second-order valence-electron chi connectivity index (χ2n) is 5.41. The number of hydrogen-bond acceptors (Lipinski definition) is 3. The van der Waals surface area contributed by atoms with Crippen LogP contribution in [0.3, 0.4) is 0 Å². The van der Waals surface area contributed by atoms with Crippen molar-refractivity contribution >= 4 is 12.0 Å². The Labute approximate surface area is 133 Å². The van der Waals surface area contributed by atoms with Crippen molar-refractivity contribution in [3.63, 3.8) is 0 Å². The van der Waals surface area contributed by atoms with Crippen LogP contribution in [-0.2, 0) is 18.6 Å². The number of ether oxygens (including phenoxy) is 1. The van der Waals surface area contributed by atoms with Gasteiger partial charge in [0.15, 0.2) is 5.75 Å². The van der Waals surface area contributed by atoms with E-state index in [0.717, 1.165) is 30.8 Å². The molecule has 0 unspecified atom stereocenters. The van der Waals surface area contributed by atoms with Gasteiger partial charge in [0.1, 0.15) is 5.75 Å². The Morgan fingerprint density at radius 3 is 2.45 bits per heavy atom. The van der Waals surface area contributed by atoms with Crippen molar-refractivity contribution in [2.75, 3.05) is 20.2 Å². The lowest BCUT2D eigenvalue weighted by Crippen LogP contribution is -2.29. The van der Waals surface area contributed by atoms with E-state index in [1.165, 1.54) is 32.4 Å². The molecular formula is C15H21F3NO2S+. The lowest BCUT2D eigenvalue weighted by atomic mass is 10.0. The summed E-state index contributed by atoms with van der Waals surface area (Å²) >= 11 is -1.03. The van der Waals surface area contributed by atoms with Crippen LogP contribution in [0.4, 0.5) is 13.2 Å². The van der Waals surface area contributed by atoms with E-state index >= 15 is 0 Å². The largest absolute Gasteiger partial charge is 0.615 e. The van der Waals surface area contributed by atoms with Gasteiger partial charge in [-0.05, 0) is 44.5 Å². The van der Waals surface area contributed by atoms with Crippen molar-refractivity contribution in [1.29, 1.82) is 0 Å². The molecule has 1 aliphatic rings. The Kier molecular flexibility index (Phi) is 5.86. The van der Waals surface area contributed by atoms with Crippen LogP contribution in [0.1, 0.15) is 30.4 Å². The monoisotopic (exact) mass is 336 g/mol. The summed E-state index contributed by atoms with van der Waals surface area (Å²) in [5, 5.41) is 0. The van der Waals surface area contributed by atoms with E-state index < -0.39 is 17.6 Å². The smallest absolute Gasteiger partial charge is 0.496 e. The first-order valence-electron chi connectivity index (χ1n) is 7.25. The highest BCUT2D eigenvalue weighted by molar-refractivity contribution is 7.74. The zero-order valence-electron chi connectivity index (χ0n) is 12.7. The molecule has 0 saturated carbocycles. The molecule has 1 fully saturated rings. The number of piperidine rings is 1. The summed E-state index contributed by atoms with van der Waals surface area (Å²) in [5.74, 6) is 0.758. The number of likely N-dealkylation sites (tertiary alicyclic amines) is 1. The molecular weight excluding hydrogens is 315 g/mol. The minimum absolute atomic E-state index is 0.177. The van der Waals surface area contributed by atoms with Crippen LogP contribution in [-0.4, -0.2) is 30.6 Å². The van der Waals surface area contributed by atoms with E-state index in [9.17, 15) is 13.2 Å². The van der Waals surface area contributed by atoms with Crippen LogP contribution >= 0.6 is 0 Å². The van der Waals surface area contributed by atoms with Gasteiger partial charge in [-0.2, -0.15) is 0 Å². The number of halogens is 3. The molecule has 0 amide bonds. The molecule has 0 N–H and O–H groups in total. The van der Waals surface area contributed by atoms with Gasteiger partial charge in [-0.3, -0.25) is 9.08 Å². The van der Waals surface area contributed by atoms with Crippen molar-refractivity contribution in [3.05, 3.63) is 23.3 Å². The number of rotatable bonds is 5. The van der Waals surface area contributed by atoms with Gasteiger partial charge in [-0.25, -0.2) is 0 Å². The van der Waals surface area contributed by atoms with Crippen LogP contribution in [0.15, 0.2) is 12.1 Å². The summed E-state index contributed by atoms with van der Waals surface area (Å²) in [7, 11) is 1.53. The number of hydrogen-bond donors (Lipinski definition) is 0. The van der Waals surface area contributed by atoms with Gasteiger partial charge >= 0.3 is 5.51 Å². The van der Waals surface area contributed by atoms with Crippen molar-refractivity contribution in [2.24, 2.45) is 0 Å². The topological polar surface area (TPSA) is 21.7 Å². The Bertz CT molecular complexity index is 502. The lowest BCUT2D eigenvalue weighted by molar-refractivity contribution is -0.0386. The van der Waals surface area contributed by atoms with Crippen molar-refractivity contribution in [1.82, 2.24) is 4.90 Å². The highest BCUT2D eigenvalue weighted by atomic mass is 32.2. The SMILES string of the molecule is COc1cc(O[SH+]C(F)(F)F)cc(C)c1CN1CCCCC1. The Balaban J connectivity index is 2.12. The second kappa shape index (κ2) is 7.46. The average molecular weight is 336 g/mol. The van der Waals surface area contributed by atoms with Crippen molar-refractivity contribution in [2.45, 2.75) is 38.2 Å². The van der Waals surface area contributed by atoms with Crippen molar-refractivity contribution < 1.29 is 22.1 Å². The maximum absolute atomic E-state index is 12.2. The maximum atomic E-state index is 12.2. The van der Waals surface area contributed by atoms with E-state index in [1.807, 2.05) is 6.92 Å². The van der Waals surface area contributed by atoms with Gasteiger partial charge in [-0.1, -0.05) is 6.42 Å². The first-order valence-corrected chi connectivity index (χ1v) is 8.06. The Hall–Kier alpha value is -1.08. The fraction of sp³-hybridized carbons (Fsp3) is 0.600. The Morgan fingerprint density at radius 2 is 1.86 bits per heavy atom. The third-order valence-electron chi connectivity index (χ3n) is 3.71.